The van der Waals surface area contributed by atoms with Crippen molar-refractivity contribution in [2.24, 2.45) is 0 Å². The van der Waals surface area contributed by atoms with E-state index in [0.717, 1.165) is 21.8 Å². The molecule has 3 rings (SSSR count). The Balaban J connectivity index is 1.62. The van der Waals surface area contributed by atoms with Crippen LogP contribution >= 0.6 is 11.8 Å². The lowest BCUT2D eigenvalue weighted by molar-refractivity contribution is -0.119. The number of thioether (sulfide) groups is 1. The Morgan fingerprint density at radius 2 is 1.96 bits per heavy atom. The van der Waals surface area contributed by atoms with Gasteiger partial charge in [-0.2, -0.15) is 0 Å². The van der Waals surface area contributed by atoms with Crippen LogP contribution in [0.25, 0.3) is 0 Å². The second-order valence-corrected chi connectivity index (χ2v) is 6.82. The number of hydrogen-bond acceptors (Lipinski definition) is 3. The van der Waals surface area contributed by atoms with Gasteiger partial charge in [0, 0.05) is 29.2 Å². The number of carbonyl (C=O) groups is 2. The first-order chi connectivity index (χ1) is 12.1. The molecule has 0 unspecified atom stereocenters. The molecular formula is C19H19FN2O2S. The van der Waals surface area contributed by atoms with E-state index in [2.05, 4.69) is 5.32 Å². The molecule has 0 saturated heterocycles. The van der Waals surface area contributed by atoms with Gasteiger partial charge in [-0.25, -0.2) is 4.39 Å². The van der Waals surface area contributed by atoms with Gasteiger partial charge in [0.2, 0.25) is 11.8 Å². The molecular weight excluding hydrogens is 339 g/mol. The number of carbonyl (C=O) groups excluding carboxylic acids is 2. The fourth-order valence-electron chi connectivity index (χ4n) is 2.86. The van der Waals surface area contributed by atoms with Crippen molar-refractivity contribution in [2.45, 2.75) is 24.7 Å². The van der Waals surface area contributed by atoms with Crippen molar-refractivity contribution in [3.63, 3.8) is 0 Å². The molecule has 0 saturated carbocycles. The fourth-order valence-corrected chi connectivity index (χ4v) is 3.56. The van der Waals surface area contributed by atoms with Gasteiger partial charge in [0.05, 0.1) is 5.75 Å². The van der Waals surface area contributed by atoms with E-state index in [1.165, 1.54) is 23.9 Å². The Morgan fingerprint density at radius 1 is 1.20 bits per heavy atom. The molecule has 0 bridgehead atoms. The second kappa shape index (κ2) is 7.70. The van der Waals surface area contributed by atoms with Gasteiger partial charge in [-0.15, -0.1) is 11.8 Å². The van der Waals surface area contributed by atoms with Gasteiger partial charge in [0.1, 0.15) is 5.82 Å². The monoisotopic (exact) mass is 358 g/mol. The van der Waals surface area contributed by atoms with E-state index >= 15 is 0 Å². The number of aryl methyl sites for hydroxylation is 1. The maximum absolute atomic E-state index is 12.9. The highest BCUT2D eigenvalue weighted by Crippen LogP contribution is 2.30. The summed E-state index contributed by atoms with van der Waals surface area (Å²) in [6, 6.07) is 11.7. The minimum atomic E-state index is -0.289. The molecule has 4 nitrogen and oxygen atoms in total. The van der Waals surface area contributed by atoms with E-state index in [1.807, 2.05) is 25.1 Å². The standard InChI is InChI=1S/C19H19FN2O2S/c1-2-22-17-9-6-15(11-13(17)3-10-19(22)24)21-18(23)12-25-16-7-4-14(20)5-8-16/h4-9,11H,2-3,10,12H2,1H3,(H,21,23). The van der Waals surface area contributed by atoms with Gasteiger partial charge < -0.3 is 10.2 Å². The smallest absolute Gasteiger partial charge is 0.234 e. The lowest BCUT2D eigenvalue weighted by Crippen LogP contribution is -2.34. The van der Waals surface area contributed by atoms with Gasteiger partial charge in [0.15, 0.2) is 0 Å². The average molecular weight is 358 g/mol. The predicted molar refractivity (Wildman–Crippen MR) is 98.5 cm³/mol. The number of rotatable bonds is 5. The first-order valence-corrected chi connectivity index (χ1v) is 9.17. The molecule has 1 heterocycles. The Bertz CT molecular complexity index is 793. The van der Waals surface area contributed by atoms with Crippen molar-refractivity contribution in [1.82, 2.24) is 0 Å². The highest BCUT2D eigenvalue weighted by atomic mass is 32.2. The molecule has 0 radical (unpaired) electrons. The molecule has 1 aliphatic heterocycles. The van der Waals surface area contributed by atoms with Gasteiger partial charge in [0.25, 0.3) is 0 Å². The van der Waals surface area contributed by atoms with E-state index < -0.39 is 0 Å². The van der Waals surface area contributed by atoms with Crippen molar-refractivity contribution >= 4 is 35.0 Å². The SMILES string of the molecule is CCN1C(=O)CCc2cc(NC(=O)CSc3ccc(F)cc3)ccc21. The molecule has 0 aliphatic carbocycles. The van der Waals surface area contributed by atoms with E-state index in [1.54, 1.807) is 17.0 Å². The summed E-state index contributed by atoms with van der Waals surface area (Å²) in [6.45, 7) is 2.60. The number of amides is 2. The van der Waals surface area contributed by atoms with Crippen LogP contribution in [-0.2, 0) is 16.0 Å². The molecule has 2 amide bonds. The Labute approximate surface area is 150 Å². The van der Waals surface area contributed by atoms with Gasteiger partial charge in [-0.3, -0.25) is 9.59 Å². The van der Waals surface area contributed by atoms with Crippen LogP contribution in [0.2, 0.25) is 0 Å². The van der Waals surface area contributed by atoms with E-state index in [-0.39, 0.29) is 23.4 Å². The van der Waals surface area contributed by atoms with Crippen molar-refractivity contribution in [3.05, 3.63) is 53.8 Å². The minimum absolute atomic E-state index is 0.117. The van der Waals surface area contributed by atoms with Crippen LogP contribution < -0.4 is 10.2 Å². The summed E-state index contributed by atoms with van der Waals surface area (Å²) in [6.07, 6.45) is 1.19. The molecule has 1 N–H and O–H groups in total. The molecule has 25 heavy (non-hydrogen) atoms. The Morgan fingerprint density at radius 3 is 2.68 bits per heavy atom. The van der Waals surface area contributed by atoms with Crippen molar-refractivity contribution in [3.8, 4) is 0 Å². The molecule has 0 atom stereocenters. The maximum Gasteiger partial charge on any atom is 0.234 e. The van der Waals surface area contributed by atoms with E-state index in [4.69, 9.17) is 0 Å². The third-order valence-electron chi connectivity index (χ3n) is 4.06. The molecule has 6 heteroatoms. The van der Waals surface area contributed by atoms with Crippen molar-refractivity contribution < 1.29 is 14.0 Å². The number of fused-ring (bicyclic) bond motifs is 1. The van der Waals surface area contributed by atoms with Crippen LogP contribution in [0.4, 0.5) is 15.8 Å². The molecule has 0 aromatic heterocycles. The quantitative estimate of drug-likeness (QED) is 0.826. The van der Waals surface area contributed by atoms with Crippen LogP contribution in [0.5, 0.6) is 0 Å². The fraction of sp³-hybridized carbons (Fsp3) is 0.263. The number of nitrogens with one attached hydrogen (secondary N) is 1. The maximum atomic E-state index is 12.9. The summed E-state index contributed by atoms with van der Waals surface area (Å²) in [4.78, 5) is 26.7. The first-order valence-electron chi connectivity index (χ1n) is 8.18. The molecule has 0 fully saturated rings. The summed E-state index contributed by atoms with van der Waals surface area (Å²) in [5, 5.41) is 2.88. The number of benzene rings is 2. The largest absolute Gasteiger partial charge is 0.325 e. The summed E-state index contributed by atoms with van der Waals surface area (Å²) in [5.41, 5.74) is 2.73. The van der Waals surface area contributed by atoms with Crippen LogP contribution in [0.15, 0.2) is 47.4 Å². The lowest BCUT2D eigenvalue weighted by Gasteiger charge is -2.28. The number of nitrogens with zero attached hydrogens (tertiary/aromatic N) is 1. The summed E-state index contributed by atoms with van der Waals surface area (Å²) >= 11 is 1.36. The number of halogens is 1. The zero-order chi connectivity index (χ0) is 17.8. The van der Waals surface area contributed by atoms with Crippen LogP contribution in [0.3, 0.4) is 0 Å². The minimum Gasteiger partial charge on any atom is -0.325 e. The highest BCUT2D eigenvalue weighted by molar-refractivity contribution is 8.00. The van der Waals surface area contributed by atoms with Gasteiger partial charge in [-0.05, 0) is 61.4 Å². The van der Waals surface area contributed by atoms with Crippen LogP contribution in [-0.4, -0.2) is 24.1 Å². The Hall–Kier alpha value is -2.34. The number of hydrogen-bond donors (Lipinski definition) is 1. The summed E-state index contributed by atoms with van der Waals surface area (Å²) in [5.74, 6) is -0.0130. The zero-order valence-electron chi connectivity index (χ0n) is 13.9. The highest BCUT2D eigenvalue weighted by Gasteiger charge is 2.22. The van der Waals surface area contributed by atoms with Crippen molar-refractivity contribution in [1.29, 1.82) is 0 Å². The Kier molecular flexibility index (Phi) is 5.38. The zero-order valence-corrected chi connectivity index (χ0v) is 14.7. The normalized spacial score (nSPS) is 13.5. The van der Waals surface area contributed by atoms with E-state index in [0.29, 0.717) is 19.4 Å². The van der Waals surface area contributed by atoms with Gasteiger partial charge in [-0.1, -0.05) is 0 Å². The van der Waals surface area contributed by atoms with E-state index in [9.17, 15) is 14.0 Å². The molecule has 2 aromatic carbocycles. The third kappa shape index (κ3) is 4.20. The average Bonchev–Trinajstić information content (AvgIpc) is 2.61. The molecule has 0 spiro atoms. The second-order valence-electron chi connectivity index (χ2n) is 5.77. The number of anilines is 2. The first kappa shape index (κ1) is 17.5. The topological polar surface area (TPSA) is 49.4 Å². The molecule has 2 aromatic rings. The molecule has 130 valence electrons. The summed E-state index contributed by atoms with van der Waals surface area (Å²) in [7, 11) is 0. The van der Waals surface area contributed by atoms with Crippen LogP contribution in [0, 0.1) is 5.82 Å². The van der Waals surface area contributed by atoms with Crippen molar-refractivity contribution in [2.75, 3.05) is 22.5 Å². The molecule has 1 aliphatic rings. The summed E-state index contributed by atoms with van der Waals surface area (Å²) < 4.78 is 12.9. The third-order valence-corrected chi connectivity index (χ3v) is 5.08. The predicted octanol–water partition coefficient (Wildman–Crippen LogP) is 3.86. The van der Waals surface area contributed by atoms with Crippen LogP contribution in [0.1, 0.15) is 18.9 Å². The lowest BCUT2D eigenvalue weighted by atomic mass is 10.0. The van der Waals surface area contributed by atoms with Gasteiger partial charge >= 0.3 is 0 Å².